The highest BCUT2D eigenvalue weighted by molar-refractivity contribution is 5.92. The maximum absolute atomic E-state index is 12.6. The molecule has 150 valence electrons. The number of nitrogens with zero attached hydrogens (tertiary/aromatic N) is 1. The van der Waals surface area contributed by atoms with E-state index < -0.39 is 0 Å². The summed E-state index contributed by atoms with van der Waals surface area (Å²) >= 11 is 0. The van der Waals surface area contributed by atoms with Gasteiger partial charge in [0.2, 0.25) is 0 Å². The van der Waals surface area contributed by atoms with E-state index in [-0.39, 0.29) is 12.1 Å². The number of carbonyl (C=O) groups is 1. The smallest absolute Gasteiger partial charge is 0.317 e. The Hall–Kier alpha value is -2.27. The molecule has 2 heterocycles. The molecule has 3 N–H and O–H groups in total. The monoisotopic (exact) mass is 380 g/mol. The molecule has 0 radical (unpaired) electrons. The van der Waals surface area contributed by atoms with E-state index in [0.29, 0.717) is 17.9 Å². The first-order valence-corrected chi connectivity index (χ1v) is 10.7. The molecule has 0 saturated carbocycles. The molecule has 4 atom stereocenters. The lowest BCUT2D eigenvalue weighted by Gasteiger charge is -2.45. The molecular weight excluding hydrogens is 348 g/mol. The molecule has 0 bridgehead atoms. The molecule has 28 heavy (non-hydrogen) atoms. The average molecular weight is 381 g/mol. The van der Waals surface area contributed by atoms with Crippen LogP contribution >= 0.6 is 0 Å². The summed E-state index contributed by atoms with van der Waals surface area (Å²) in [6, 6.07) is 7.19. The number of piperidine rings is 1. The minimum Gasteiger partial charge on any atom is -0.355 e. The molecule has 2 amide bonds. The van der Waals surface area contributed by atoms with Gasteiger partial charge >= 0.3 is 6.03 Å². The molecule has 2 unspecified atom stereocenters. The highest BCUT2D eigenvalue weighted by Gasteiger charge is 2.42. The zero-order valence-corrected chi connectivity index (χ0v) is 17.2. The second-order valence-electron chi connectivity index (χ2n) is 8.04. The Morgan fingerprint density at radius 3 is 2.79 bits per heavy atom. The summed E-state index contributed by atoms with van der Waals surface area (Å²) in [5.74, 6) is 0.867. The van der Waals surface area contributed by atoms with Crippen LogP contribution in [0.1, 0.15) is 62.3 Å². The van der Waals surface area contributed by atoms with Gasteiger partial charge in [-0.2, -0.15) is 0 Å². The predicted octanol–water partition coefficient (Wildman–Crippen LogP) is 4.18. The lowest BCUT2D eigenvalue weighted by molar-refractivity contribution is 0.188. The third kappa shape index (κ3) is 2.93. The number of amides is 2. The zero-order valence-electron chi connectivity index (χ0n) is 17.2. The molecule has 1 aromatic heterocycles. The standard InChI is InChI=1S/C23H32N4O/c1-5-15-20-18(6-2)26-19-11-9-10-16(21(19)20)17-12-14(13-24-22(15)17)25-23(28)27(7-3)8-4/h6,9-11,14-15,17,22,24,26H,2,5,7-8,12-13H2,1,3-4H3,(H,25,28)/t14-,15?,17?,22+/m0/s1. The normalized spacial score (nSPS) is 26.0. The molecule has 2 aromatic rings. The van der Waals surface area contributed by atoms with Crippen molar-refractivity contribution in [3.05, 3.63) is 41.6 Å². The largest absolute Gasteiger partial charge is 0.355 e. The van der Waals surface area contributed by atoms with Crippen molar-refractivity contribution >= 4 is 23.0 Å². The van der Waals surface area contributed by atoms with Crippen molar-refractivity contribution in [2.45, 2.75) is 57.5 Å². The van der Waals surface area contributed by atoms with Gasteiger partial charge in [0.25, 0.3) is 0 Å². The summed E-state index contributed by atoms with van der Waals surface area (Å²) in [5.41, 5.74) is 5.18. The van der Waals surface area contributed by atoms with Gasteiger partial charge in [-0.05, 0) is 50.0 Å². The second-order valence-corrected chi connectivity index (χ2v) is 8.04. The lowest BCUT2D eigenvalue weighted by Crippen LogP contribution is -2.57. The molecule has 5 nitrogen and oxygen atoms in total. The van der Waals surface area contributed by atoms with E-state index in [0.717, 1.165) is 38.2 Å². The summed E-state index contributed by atoms with van der Waals surface area (Å²) in [6.07, 6.45) is 4.03. The van der Waals surface area contributed by atoms with Crippen molar-refractivity contribution in [3.8, 4) is 0 Å². The first-order chi connectivity index (χ1) is 13.6. The highest BCUT2D eigenvalue weighted by atomic mass is 16.2. The number of fused-ring (bicyclic) bond motifs is 2. The minimum atomic E-state index is 0.0487. The van der Waals surface area contributed by atoms with Gasteiger partial charge < -0.3 is 20.5 Å². The van der Waals surface area contributed by atoms with Gasteiger partial charge in [-0.1, -0.05) is 25.6 Å². The Morgan fingerprint density at radius 2 is 2.11 bits per heavy atom. The van der Waals surface area contributed by atoms with Crippen LogP contribution in [0.2, 0.25) is 0 Å². The van der Waals surface area contributed by atoms with Crippen molar-refractivity contribution in [1.29, 1.82) is 0 Å². The minimum absolute atomic E-state index is 0.0487. The van der Waals surface area contributed by atoms with Gasteiger partial charge in [0.1, 0.15) is 0 Å². The molecular formula is C23H32N4O. The lowest BCUT2D eigenvalue weighted by atomic mass is 9.68. The van der Waals surface area contributed by atoms with Crippen molar-refractivity contribution in [3.63, 3.8) is 0 Å². The van der Waals surface area contributed by atoms with Crippen molar-refractivity contribution in [1.82, 2.24) is 20.5 Å². The topological polar surface area (TPSA) is 60.2 Å². The molecule has 4 rings (SSSR count). The van der Waals surface area contributed by atoms with Crippen LogP contribution in [0.4, 0.5) is 4.79 Å². The van der Waals surface area contributed by atoms with Crippen molar-refractivity contribution in [2.24, 2.45) is 0 Å². The number of benzene rings is 1. The Labute approximate surface area is 167 Å². The van der Waals surface area contributed by atoms with E-state index in [1.807, 2.05) is 24.8 Å². The fraction of sp³-hybridized carbons (Fsp3) is 0.522. The van der Waals surface area contributed by atoms with Crippen molar-refractivity contribution < 1.29 is 4.79 Å². The number of hydrogen-bond acceptors (Lipinski definition) is 2. The first kappa shape index (κ1) is 19.1. The molecule has 1 saturated heterocycles. The number of H-pyrrole nitrogens is 1. The fourth-order valence-electron chi connectivity index (χ4n) is 5.40. The summed E-state index contributed by atoms with van der Waals surface area (Å²) in [5, 5.41) is 8.43. The van der Waals surface area contributed by atoms with Crippen LogP contribution < -0.4 is 10.6 Å². The van der Waals surface area contributed by atoms with E-state index >= 15 is 0 Å². The van der Waals surface area contributed by atoms with Crippen LogP contribution in [-0.4, -0.2) is 47.6 Å². The Kier molecular flexibility index (Phi) is 5.19. The van der Waals surface area contributed by atoms with Crippen LogP contribution in [0, 0.1) is 0 Å². The number of aromatic nitrogens is 1. The van der Waals surface area contributed by atoms with E-state index in [2.05, 4.69) is 47.3 Å². The van der Waals surface area contributed by atoms with Crippen LogP contribution in [0.3, 0.4) is 0 Å². The summed E-state index contributed by atoms with van der Waals surface area (Å²) < 4.78 is 0. The highest BCUT2D eigenvalue weighted by Crippen LogP contribution is 2.48. The number of rotatable bonds is 5. The molecule has 1 aliphatic heterocycles. The Balaban J connectivity index is 1.68. The first-order valence-electron chi connectivity index (χ1n) is 10.7. The quantitative estimate of drug-likeness (QED) is 0.729. The van der Waals surface area contributed by atoms with Crippen molar-refractivity contribution in [2.75, 3.05) is 19.6 Å². The van der Waals surface area contributed by atoms with Gasteiger partial charge in [-0.25, -0.2) is 4.79 Å². The summed E-state index contributed by atoms with van der Waals surface area (Å²) in [7, 11) is 0. The van der Waals surface area contributed by atoms with Crippen LogP contribution in [0.15, 0.2) is 24.8 Å². The Morgan fingerprint density at radius 1 is 1.32 bits per heavy atom. The third-order valence-corrected chi connectivity index (χ3v) is 6.72. The van der Waals surface area contributed by atoms with E-state index in [9.17, 15) is 4.79 Å². The van der Waals surface area contributed by atoms with Gasteiger partial charge in [0.15, 0.2) is 0 Å². The SMILES string of the molecule is C=Cc1[nH]c2cccc3c2c1C(CC)[C@H]1NC[C@@H](NC(=O)N(CC)CC)CC31. The van der Waals surface area contributed by atoms with E-state index in [1.165, 1.54) is 22.0 Å². The van der Waals surface area contributed by atoms with Gasteiger partial charge in [-0.3, -0.25) is 0 Å². The molecule has 5 heteroatoms. The third-order valence-electron chi connectivity index (χ3n) is 6.72. The molecule has 2 aliphatic rings. The van der Waals surface area contributed by atoms with Crippen LogP contribution in [-0.2, 0) is 0 Å². The predicted molar refractivity (Wildman–Crippen MR) is 116 cm³/mol. The number of urea groups is 1. The van der Waals surface area contributed by atoms with Crippen LogP contribution in [0.5, 0.6) is 0 Å². The summed E-state index contributed by atoms with van der Waals surface area (Å²) in [6.45, 7) is 12.7. The number of aromatic amines is 1. The van der Waals surface area contributed by atoms with Crippen LogP contribution in [0.25, 0.3) is 17.0 Å². The number of carbonyl (C=O) groups excluding carboxylic acids is 1. The average Bonchev–Trinajstić information content (AvgIpc) is 3.09. The van der Waals surface area contributed by atoms with Gasteiger partial charge in [0.05, 0.1) is 0 Å². The second kappa shape index (κ2) is 7.63. The fourth-order valence-corrected chi connectivity index (χ4v) is 5.40. The zero-order chi connectivity index (χ0) is 19.8. The molecule has 0 spiro atoms. The van der Waals surface area contributed by atoms with Gasteiger partial charge in [0, 0.05) is 60.2 Å². The Bertz CT molecular complexity index is 882. The number of nitrogens with one attached hydrogen (secondary N) is 3. The maximum atomic E-state index is 12.6. The summed E-state index contributed by atoms with van der Waals surface area (Å²) in [4.78, 5) is 18.0. The van der Waals surface area contributed by atoms with E-state index in [4.69, 9.17) is 0 Å². The molecule has 1 aliphatic carbocycles. The van der Waals surface area contributed by atoms with Gasteiger partial charge in [-0.15, -0.1) is 0 Å². The molecule has 1 fully saturated rings. The van der Waals surface area contributed by atoms with E-state index in [1.54, 1.807) is 0 Å². The molecule has 1 aromatic carbocycles. The maximum Gasteiger partial charge on any atom is 0.317 e. The number of hydrogen-bond donors (Lipinski definition) is 3.